The largest absolute Gasteiger partial charge is 0.493 e. The summed E-state index contributed by atoms with van der Waals surface area (Å²) in [4.78, 5) is 14.1. The number of methoxy groups -OCH3 is 2. The molecule has 0 aliphatic rings. The van der Waals surface area contributed by atoms with E-state index in [1.54, 1.807) is 57.5 Å². The van der Waals surface area contributed by atoms with Crippen LogP contribution in [0.15, 0.2) is 48.0 Å². The van der Waals surface area contributed by atoms with Gasteiger partial charge in [-0.05, 0) is 48.4 Å². The molecular weight excluding hydrogens is 366 g/mol. The van der Waals surface area contributed by atoms with Crippen LogP contribution in [0, 0.1) is 0 Å². The molecule has 0 saturated heterocycles. The van der Waals surface area contributed by atoms with E-state index < -0.39 is 6.10 Å². The Morgan fingerprint density at radius 2 is 1.78 bits per heavy atom. The molecule has 0 aliphatic carbocycles. The molecule has 144 valence electrons. The summed E-state index contributed by atoms with van der Waals surface area (Å²) in [6.45, 7) is 1.90. The van der Waals surface area contributed by atoms with Crippen LogP contribution in [-0.2, 0) is 4.79 Å². The molecular formula is C21H24ClNO4. The summed E-state index contributed by atoms with van der Waals surface area (Å²) in [6.07, 6.45) is 0.944. The fourth-order valence-corrected chi connectivity index (χ4v) is 2.81. The van der Waals surface area contributed by atoms with Gasteiger partial charge in [-0.15, -0.1) is 0 Å². The standard InChI is InChI=1S/C21H24ClNO4/c1-14(11-15-5-8-17(22)9-6-15)21(25)23(2)13-18(24)16-7-10-19(26-3)20(12-16)27-4/h5-12,18,24H,13H2,1-4H3/b14-11+. The molecule has 0 heterocycles. The van der Waals surface area contributed by atoms with Crippen LogP contribution < -0.4 is 9.47 Å². The van der Waals surface area contributed by atoms with E-state index in [0.29, 0.717) is 27.7 Å². The number of benzene rings is 2. The highest BCUT2D eigenvalue weighted by Crippen LogP contribution is 2.30. The van der Waals surface area contributed by atoms with E-state index in [4.69, 9.17) is 21.1 Å². The summed E-state index contributed by atoms with van der Waals surface area (Å²) in [6, 6.07) is 12.4. The van der Waals surface area contributed by atoms with E-state index in [9.17, 15) is 9.90 Å². The number of hydrogen-bond donors (Lipinski definition) is 1. The number of ether oxygens (including phenoxy) is 2. The third-order valence-corrected chi connectivity index (χ3v) is 4.43. The number of carbonyl (C=O) groups excluding carboxylic acids is 1. The highest BCUT2D eigenvalue weighted by molar-refractivity contribution is 6.30. The van der Waals surface area contributed by atoms with Crippen molar-refractivity contribution in [2.75, 3.05) is 27.8 Å². The molecule has 6 heteroatoms. The van der Waals surface area contributed by atoms with Crippen LogP contribution >= 0.6 is 11.6 Å². The first-order valence-corrected chi connectivity index (χ1v) is 8.82. The molecule has 5 nitrogen and oxygen atoms in total. The van der Waals surface area contributed by atoms with Crippen molar-refractivity contribution in [1.82, 2.24) is 4.90 Å². The van der Waals surface area contributed by atoms with Gasteiger partial charge < -0.3 is 19.5 Å². The molecule has 0 radical (unpaired) electrons. The Bertz CT molecular complexity index is 817. The van der Waals surface area contributed by atoms with E-state index in [1.807, 2.05) is 12.1 Å². The highest BCUT2D eigenvalue weighted by Gasteiger charge is 2.18. The number of hydrogen-bond acceptors (Lipinski definition) is 4. The highest BCUT2D eigenvalue weighted by atomic mass is 35.5. The third-order valence-electron chi connectivity index (χ3n) is 4.18. The maximum absolute atomic E-state index is 12.6. The maximum atomic E-state index is 12.6. The molecule has 1 unspecified atom stereocenters. The molecule has 1 N–H and O–H groups in total. The number of aliphatic hydroxyl groups excluding tert-OH is 1. The predicted octanol–water partition coefficient (Wildman–Crippen LogP) is 3.95. The van der Waals surface area contributed by atoms with Gasteiger partial charge in [-0.2, -0.15) is 0 Å². The molecule has 0 aromatic heterocycles. The fraction of sp³-hybridized carbons (Fsp3) is 0.286. The summed E-state index contributed by atoms with van der Waals surface area (Å²) in [5.74, 6) is 0.950. The van der Waals surface area contributed by atoms with Crippen molar-refractivity contribution in [3.8, 4) is 11.5 Å². The van der Waals surface area contributed by atoms with Gasteiger partial charge in [0.15, 0.2) is 11.5 Å². The fourth-order valence-electron chi connectivity index (χ4n) is 2.68. The van der Waals surface area contributed by atoms with Crippen molar-refractivity contribution >= 4 is 23.6 Å². The quantitative estimate of drug-likeness (QED) is 0.728. The average Bonchev–Trinajstić information content (AvgIpc) is 2.68. The van der Waals surface area contributed by atoms with Gasteiger partial charge in [-0.25, -0.2) is 0 Å². The Hall–Kier alpha value is -2.50. The molecule has 2 rings (SSSR count). The van der Waals surface area contributed by atoms with Crippen molar-refractivity contribution in [2.24, 2.45) is 0 Å². The number of halogens is 1. The smallest absolute Gasteiger partial charge is 0.249 e. The average molecular weight is 390 g/mol. The van der Waals surface area contributed by atoms with Gasteiger partial charge in [-0.1, -0.05) is 29.8 Å². The van der Waals surface area contributed by atoms with Crippen LogP contribution in [0.4, 0.5) is 0 Å². The zero-order chi connectivity index (χ0) is 20.0. The normalized spacial score (nSPS) is 12.4. The lowest BCUT2D eigenvalue weighted by atomic mass is 10.1. The summed E-state index contributed by atoms with van der Waals surface area (Å²) in [5, 5.41) is 11.1. The van der Waals surface area contributed by atoms with Gasteiger partial charge in [0, 0.05) is 17.6 Å². The number of amides is 1. The lowest BCUT2D eigenvalue weighted by molar-refractivity contribution is -0.127. The SMILES string of the molecule is COc1ccc(C(O)CN(C)C(=O)/C(C)=C/c2ccc(Cl)cc2)cc1OC. The molecule has 27 heavy (non-hydrogen) atoms. The summed E-state index contributed by atoms with van der Waals surface area (Å²) >= 11 is 5.88. The Morgan fingerprint density at radius 1 is 1.15 bits per heavy atom. The topological polar surface area (TPSA) is 59.0 Å². The monoisotopic (exact) mass is 389 g/mol. The van der Waals surface area contributed by atoms with Crippen LogP contribution in [0.25, 0.3) is 6.08 Å². The second-order valence-corrected chi connectivity index (χ2v) is 6.63. The molecule has 0 fully saturated rings. The van der Waals surface area contributed by atoms with Crippen molar-refractivity contribution in [3.63, 3.8) is 0 Å². The van der Waals surface area contributed by atoms with Crippen molar-refractivity contribution in [1.29, 1.82) is 0 Å². The lowest BCUT2D eigenvalue weighted by Crippen LogP contribution is -2.31. The lowest BCUT2D eigenvalue weighted by Gasteiger charge is -2.22. The minimum absolute atomic E-state index is 0.153. The molecule has 0 bridgehead atoms. The number of rotatable bonds is 7. The van der Waals surface area contributed by atoms with Gasteiger partial charge in [0.2, 0.25) is 5.91 Å². The van der Waals surface area contributed by atoms with Crippen LogP contribution in [0.1, 0.15) is 24.2 Å². The molecule has 0 saturated carbocycles. The Balaban J connectivity index is 2.07. The first kappa shape index (κ1) is 20.8. The van der Waals surface area contributed by atoms with Gasteiger partial charge >= 0.3 is 0 Å². The van der Waals surface area contributed by atoms with Crippen LogP contribution in [0.5, 0.6) is 11.5 Å². The number of carbonyl (C=O) groups is 1. The van der Waals surface area contributed by atoms with Crippen molar-refractivity contribution in [2.45, 2.75) is 13.0 Å². The van der Waals surface area contributed by atoms with Crippen molar-refractivity contribution in [3.05, 3.63) is 64.2 Å². The van der Waals surface area contributed by atoms with Gasteiger partial charge in [0.25, 0.3) is 0 Å². The zero-order valence-electron chi connectivity index (χ0n) is 15.9. The summed E-state index contributed by atoms with van der Waals surface area (Å²) in [7, 11) is 4.75. The van der Waals surface area contributed by atoms with Crippen molar-refractivity contribution < 1.29 is 19.4 Å². The van der Waals surface area contributed by atoms with Gasteiger partial charge in [0.05, 0.1) is 26.9 Å². The van der Waals surface area contributed by atoms with E-state index in [2.05, 4.69) is 0 Å². The minimum atomic E-state index is -0.845. The number of aliphatic hydroxyl groups is 1. The van der Waals surface area contributed by atoms with E-state index >= 15 is 0 Å². The molecule has 1 atom stereocenters. The zero-order valence-corrected chi connectivity index (χ0v) is 16.7. The molecule has 0 aliphatic heterocycles. The van der Waals surface area contributed by atoms with E-state index in [1.165, 1.54) is 12.0 Å². The summed E-state index contributed by atoms with van der Waals surface area (Å²) in [5.41, 5.74) is 2.10. The second-order valence-electron chi connectivity index (χ2n) is 6.19. The first-order chi connectivity index (χ1) is 12.8. The molecule has 0 spiro atoms. The Kier molecular flexibility index (Phi) is 7.28. The number of likely N-dealkylation sites (N-methyl/N-ethyl adjacent to an activating group) is 1. The predicted molar refractivity (Wildman–Crippen MR) is 107 cm³/mol. The summed E-state index contributed by atoms with van der Waals surface area (Å²) < 4.78 is 10.5. The minimum Gasteiger partial charge on any atom is -0.493 e. The van der Waals surface area contributed by atoms with E-state index in [0.717, 1.165) is 5.56 Å². The third kappa shape index (κ3) is 5.49. The Morgan fingerprint density at radius 3 is 2.37 bits per heavy atom. The molecule has 1 amide bonds. The van der Waals surface area contributed by atoms with E-state index in [-0.39, 0.29) is 12.5 Å². The maximum Gasteiger partial charge on any atom is 0.249 e. The van der Waals surface area contributed by atoms with Gasteiger partial charge in [-0.3, -0.25) is 4.79 Å². The molecule has 2 aromatic rings. The molecule has 2 aromatic carbocycles. The first-order valence-electron chi connectivity index (χ1n) is 8.45. The van der Waals surface area contributed by atoms with Crippen LogP contribution in [0.2, 0.25) is 5.02 Å². The second kappa shape index (κ2) is 9.44. The van der Waals surface area contributed by atoms with Crippen LogP contribution in [-0.4, -0.2) is 43.7 Å². The van der Waals surface area contributed by atoms with Gasteiger partial charge in [0.1, 0.15) is 0 Å². The Labute approximate surface area is 164 Å². The van der Waals surface area contributed by atoms with Crippen LogP contribution in [0.3, 0.4) is 0 Å². The number of nitrogens with zero attached hydrogens (tertiary/aromatic N) is 1.